The molecule has 5 aromatic rings. The molecule has 0 N–H and O–H groups in total. The molecule has 0 fully saturated rings. The molecule has 7 heteroatoms. The van der Waals surface area contributed by atoms with Crippen molar-refractivity contribution in [2.45, 2.75) is 6.92 Å². The Hall–Kier alpha value is -3.61. The Morgan fingerprint density at radius 3 is 2.57 bits per heavy atom. The summed E-state index contributed by atoms with van der Waals surface area (Å²) >= 11 is 0. The summed E-state index contributed by atoms with van der Waals surface area (Å²) in [6, 6.07) is 8.91. The minimum Gasteiger partial charge on any atom is -0.327 e. The molecule has 5 rings (SSSR count). The lowest BCUT2D eigenvalue weighted by molar-refractivity contribution is 0.628. The lowest BCUT2D eigenvalue weighted by atomic mass is 10.1. The zero-order valence-electron chi connectivity index (χ0n) is 15.7. The van der Waals surface area contributed by atoms with Gasteiger partial charge in [-0.15, -0.1) is 0 Å². The van der Waals surface area contributed by atoms with Gasteiger partial charge in [-0.2, -0.15) is 5.10 Å². The lowest BCUT2D eigenvalue weighted by Gasteiger charge is -2.07. The highest BCUT2D eigenvalue weighted by Gasteiger charge is 2.18. The quantitative estimate of drug-likeness (QED) is 0.469. The van der Waals surface area contributed by atoms with Gasteiger partial charge in [-0.3, -0.25) is 9.67 Å². The van der Waals surface area contributed by atoms with Crippen LogP contribution in [0.1, 0.15) is 5.56 Å². The van der Waals surface area contributed by atoms with Gasteiger partial charge in [-0.1, -0.05) is 12.1 Å². The highest BCUT2D eigenvalue weighted by molar-refractivity contribution is 6.02. The maximum Gasteiger partial charge on any atom is 0.144 e. The molecule has 0 aliphatic rings. The first-order chi connectivity index (χ1) is 13.5. The van der Waals surface area contributed by atoms with Crippen LogP contribution in [0, 0.1) is 12.7 Å². The standard InChI is InChI=1S/C21H17FN6/c1-12-5-4-6-14(22)18(12)21-26-20-17(28(21)3)8-7-15-19(20)25-16(10-23-15)13-9-24-27(2)11-13/h4-11H,1-3H3. The molecule has 0 aliphatic heterocycles. The van der Waals surface area contributed by atoms with Gasteiger partial charge in [0.25, 0.3) is 0 Å². The smallest absolute Gasteiger partial charge is 0.144 e. The molecule has 0 saturated heterocycles. The average Bonchev–Trinajstić information content (AvgIpc) is 3.25. The maximum atomic E-state index is 14.6. The van der Waals surface area contributed by atoms with Crippen molar-refractivity contribution in [3.8, 4) is 22.6 Å². The van der Waals surface area contributed by atoms with Crippen molar-refractivity contribution in [2.24, 2.45) is 14.1 Å². The summed E-state index contributed by atoms with van der Waals surface area (Å²) in [5.74, 6) is 0.288. The lowest BCUT2D eigenvalue weighted by Crippen LogP contribution is -1.97. The zero-order chi connectivity index (χ0) is 19.4. The highest BCUT2D eigenvalue weighted by Crippen LogP contribution is 2.31. The van der Waals surface area contributed by atoms with Gasteiger partial charge in [0.15, 0.2) is 0 Å². The first-order valence-electron chi connectivity index (χ1n) is 8.89. The topological polar surface area (TPSA) is 61.4 Å². The summed E-state index contributed by atoms with van der Waals surface area (Å²) in [4.78, 5) is 14.1. The second-order valence-electron chi connectivity index (χ2n) is 6.89. The molecule has 0 spiro atoms. The maximum absolute atomic E-state index is 14.6. The van der Waals surface area contributed by atoms with Crippen LogP contribution in [0.3, 0.4) is 0 Å². The van der Waals surface area contributed by atoms with Crippen LogP contribution < -0.4 is 0 Å². The second kappa shape index (κ2) is 5.95. The summed E-state index contributed by atoms with van der Waals surface area (Å²) < 4.78 is 18.2. The number of nitrogens with zero attached hydrogens (tertiary/aromatic N) is 6. The van der Waals surface area contributed by atoms with E-state index in [4.69, 9.17) is 9.97 Å². The fourth-order valence-corrected chi connectivity index (χ4v) is 3.56. The molecule has 0 bridgehead atoms. The SMILES string of the molecule is Cc1cccc(F)c1-c1nc2c3nc(-c4cnn(C)c4)cnc3ccc2n1C. The van der Waals surface area contributed by atoms with Crippen molar-refractivity contribution < 1.29 is 4.39 Å². The van der Waals surface area contributed by atoms with E-state index in [1.165, 1.54) is 6.07 Å². The minimum absolute atomic E-state index is 0.287. The van der Waals surface area contributed by atoms with Gasteiger partial charge in [0.1, 0.15) is 22.7 Å². The number of fused-ring (bicyclic) bond motifs is 3. The zero-order valence-corrected chi connectivity index (χ0v) is 15.7. The van der Waals surface area contributed by atoms with Gasteiger partial charge in [-0.25, -0.2) is 14.4 Å². The molecule has 138 valence electrons. The number of halogens is 1. The van der Waals surface area contributed by atoms with Crippen LogP contribution in [0.5, 0.6) is 0 Å². The van der Waals surface area contributed by atoms with E-state index in [9.17, 15) is 4.39 Å². The van der Waals surface area contributed by atoms with Gasteiger partial charge >= 0.3 is 0 Å². The van der Waals surface area contributed by atoms with Gasteiger partial charge in [-0.05, 0) is 30.7 Å². The number of aromatic nitrogens is 6. The molecule has 6 nitrogen and oxygen atoms in total. The summed E-state index contributed by atoms with van der Waals surface area (Å²) in [7, 11) is 3.75. The predicted molar refractivity (Wildman–Crippen MR) is 106 cm³/mol. The number of hydrogen-bond donors (Lipinski definition) is 0. The molecular weight excluding hydrogens is 355 g/mol. The number of hydrogen-bond acceptors (Lipinski definition) is 4. The fourth-order valence-electron chi connectivity index (χ4n) is 3.56. The normalized spacial score (nSPS) is 11.6. The Labute approximate surface area is 160 Å². The van der Waals surface area contributed by atoms with Crippen LogP contribution in [0.2, 0.25) is 0 Å². The molecule has 0 aliphatic carbocycles. The Bertz CT molecular complexity index is 1340. The highest BCUT2D eigenvalue weighted by atomic mass is 19.1. The van der Waals surface area contributed by atoms with Gasteiger partial charge < -0.3 is 4.57 Å². The van der Waals surface area contributed by atoms with Gasteiger partial charge in [0.05, 0.1) is 34.7 Å². The minimum atomic E-state index is -0.287. The second-order valence-corrected chi connectivity index (χ2v) is 6.89. The van der Waals surface area contributed by atoms with E-state index in [2.05, 4.69) is 10.1 Å². The van der Waals surface area contributed by atoms with Crippen LogP contribution >= 0.6 is 0 Å². The molecule has 0 saturated carbocycles. The number of imidazole rings is 1. The van der Waals surface area contributed by atoms with E-state index < -0.39 is 0 Å². The summed E-state index contributed by atoms with van der Waals surface area (Å²) in [6.07, 6.45) is 5.38. The molecule has 0 atom stereocenters. The number of benzene rings is 2. The Balaban J connectivity index is 1.80. The van der Waals surface area contributed by atoms with Crippen molar-refractivity contribution in [1.29, 1.82) is 0 Å². The molecular formula is C21H17FN6. The Kier molecular flexibility index (Phi) is 3.52. The third-order valence-corrected chi connectivity index (χ3v) is 5.01. The largest absolute Gasteiger partial charge is 0.327 e. The van der Waals surface area contributed by atoms with Gasteiger partial charge in [0, 0.05) is 25.9 Å². The molecule has 28 heavy (non-hydrogen) atoms. The predicted octanol–water partition coefficient (Wildman–Crippen LogP) is 4.03. The molecule has 3 heterocycles. The monoisotopic (exact) mass is 372 g/mol. The number of aryl methyl sites for hydroxylation is 3. The van der Waals surface area contributed by atoms with Crippen molar-refractivity contribution in [3.63, 3.8) is 0 Å². The Morgan fingerprint density at radius 1 is 0.964 bits per heavy atom. The fraction of sp³-hybridized carbons (Fsp3) is 0.143. The van der Waals surface area contributed by atoms with Crippen LogP contribution in [0.15, 0.2) is 48.9 Å². The molecule has 0 amide bonds. The van der Waals surface area contributed by atoms with E-state index in [0.29, 0.717) is 22.4 Å². The van der Waals surface area contributed by atoms with Crippen molar-refractivity contribution in [2.75, 3.05) is 0 Å². The molecule has 0 unspecified atom stereocenters. The summed E-state index contributed by atoms with van der Waals surface area (Å²) in [6.45, 7) is 1.89. The van der Waals surface area contributed by atoms with E-state index in [-0.39, 0.29) is 5.82 Å². The van der Waals surface area contributed by atoms with Crippen LogP contribution in [0.4, 0.5) is 4.39 Å². The molecule has 0 radical (unpaired) electrons. The van der Waals surface area contributed by atoms with E-state index in [0.717, 1.165) is 27.9 Å². The van der Waals surface area contributed by atoms with E-state index in [1.807, 2.05) is 50.0 Å². The van der Waals surface area contributed by atoms with Crippen LogP contribution in [-0.2, 0) is 14.1 Å². The van der Waals surface area contributed by atoms with Crippen molar-refractivity contribution in [3.05, 3.63) is 60.3 Å². The van der Waals surface area contributed by atoms with E-state index in [1.54, 1.807) is 23.1 Å². The Morgan fingerprint density at radius 2 is 1.82 bits per heavy atom. The van der Waals surface area contributed by atoms with Crippen LogP contribution in [0.25, 0.3) is 44.7 Å². The van der Waals surface area contributed by atoms with E-state index >= 15 is 0 Å². The van der Waals surface area contributed by atoms with Gasteiger partial charge in [0.2, 0.25) is 0 Å². The van der Waals surface area contributed by atoms with Crippen molar-refractivity contribution >= 4 is 22.1 Å². The average molecular weight is 372 g/mol. The van der Waals surface area contributed by atoms with Crippen LogP contribution in [-0.4, -0.2) is 29.3 Å². The molecule has 3 aromatic heterocycles. The molecule has 2 aromatic carbocycles. The third kappa shape index (κ3) is 2.40. The third-order valence-electron chi connectivity index (χ3n) is 5.01. The van der Waals surface area contributed by atoms with Crippen molar-refractivity contribution in [1.82, 2.24) is 29.3 Å². The summed E-state index contributed by atoms with van der Waals surface area (Å²) in [5, 5.41) is 4.20. The number of rotatable bonds is 2. The first-order valence-corrected chi connectivity index (χ1v) is 8.89. The summed E-state index contributed by atoms with van der Waals surface area (Å²) in [5.41, 5.74) is 5.97. The first kappa shape index (κ1) is 16.6.